The van der Waals surface area contributed by atoms with Crippen LogP contribution in [0.3, 0.4) is 0 Å². The lowest BCUT2D eigenvalue weighted by Crippen LogP contribution is -2.38. The molecule has 0 aliphatic carbocycles. The van der Waals surface area contributed by atoms with Crippen LogP contribution in [0, 0.1) is 0 Å². The number of rotatable bonds is 7. The van der Waals surface area contributed by atoms with Crippen LogP contribution in [0.4, 0.5) is 0 Å². The number of hydrogen-bond acceptors (Lipinski definition) is 3. The largest absolute Gasteiger partial charge is 0.490 e. The molecule has 0 saturated heterocycles. The highest BCUT2D eigenvalue weighted by Gasteiger charge is 2.14. The molecule has 0 aromatic heterocycles. The number of halogens is 2. The maximum absolute atomic E-state index is 11.9. The molecule has 0 heterocycles. The molecule has 2 aromatic carbocycles. The SMILES string of the molecule is CC(Oc1ccc(Cl)cc1)C(=O)NCCOc1ccccc1Cl. The van der Waals surface area contributed by atoms with Gasteiger partial charge in [-0.25, -0.2) is 0 Å². The van der Waals surface area contributed by atoms with Gasteiger partial charge in [-0.05, 0) is 43.3 Å². The molecule has 23 heavy (non-hydrogen) atoms. The predicted molar refractivity (Wildman–Crippen MR) is 91.5 cm³/mol. The quantitative estimate of drug-likeness (QED) is 0.766. The van der Waals surface area contributed by atoms with E-state index in [0.717, 1.165) is 0 Å². The molecule has 1 unspecified atom stereocenters. The summed E-state index contributed by atoms with van der Waals surface area (Å²) in [5, 5.41) is 3.90. The van der Waals surface area contributed by atoms with Crippen LogP contribution in [0.15, 0.2) is 48.5 Å². The monoisotopic (exact) mass is 353 g/mol. The van der Waals surface area contributed by atoms with Crippen molar-refractivity contribution in [3.8, 4) is 11.5 Å². The fraction of sp³-hybridized carbons (Fsp3) is 0.235. The molecular weight excluding hydrogens is 337 g/mol. The Morgan fingerprint density at radius 3 is 2.52 bits per heavy atom. The summed E-state index contributed by atoms with van der Waals surface area (Å²) in [6, 6.07) is 14.0. The molecule has 1 N–H and O–H groups in total. The van der Waals surface area contributed by atoms with Crippen LogP contribution in [0.5, 0.6) is 11.5 Å². The van der Waals surface area contributed by atoms with Crippen molar-refractivity contribution in [2.24, 2.45) is 0 Å². The highest BCUT2D eigenvalue weighted by atomic mass is 35.5. The molecule has 0 radical (unpaired) electrons. The Bertz CT molecular complexity index is 647. The second-order valence-corrected chi connectivity index (χ2v) is 5.63. The van der Waals surface area contributed by atoms with E-state index in [1.54, 1.807) is 43.3 Å². The maximum Gasteiger partial charge on any atom is 0.260 e. The third-order valence-electron chi connectivity index (χ3n) is 2.99. The molecule has 0 aliphatic heterocycles. The molecule has 0 aliphatic rings. The summed E-state index contributed by atoms with van der Waals surface area (Å²) in [7, 11) is 0. The van der Waals surface area contributed by atoms with Gasteiger partial charge in [-0.15, -0.1) is 0 Å². The van der Waals surface area contributed by atoms with Crippen LogP contribution in [-0.2, 0) is 4.79 Å². The summed E-state index contributed by atoms with van der Waals surface area (Å²) in [5.41, 5.74) is 0. The van der Waals surface area contributed by atoms with Crippen molar-refractivity contribution in [2.45, 2.75) is 13.0 Å². The molecule has 0 bridgehead atoms. The summed E-state index contributed by atoms with van der Waals surface area (Å²) in [4.78, 5) is 11.9. The van der Waals surface area contributed by atoms with Crippen molar-refractivity contribution in [3.05, 3.63) is 58.6 Å². The van der Waals surface area contributed by atoms with Gasteiger partial charge in [-0.3, -0.25) is 4.79 Å². The van der Waals surface area contributed by atoms with Gasteiger partial charge >= 0.3 is 0 Å². The van der Waals surface area contributed by atoms with Crippen molar-refractivity contribution in [3.63, 3.8) is 0 Å². The molecule has 0 saturated carbocycles. The molecule has 2 rings (SSSR count). The van der Waals surface area contributed by atoms with Gasteiger partial charge in [0.25, 0.3) is 5.91 Å². The van der Waals surface area contributed by atoms with Crippen LogP contribution in [0.25, 0.3) is 0 Å². The summed E-state index contributed by atoms with van der Waals surface area (Å²) >= 11 is 11.8. The summed E-state index contributed by atoms with van der Waals surface area (Å²) in [5.74, 6) is 0.959. The van der Waals surface area contributed by atoms with Crippen molar-refractivity contribution in [1.29, 1.82) is 0 Å². The Balaban J connectivity index is 1.72. The molecule has 122 valence electrons. The van der Waals surface area contributed by atoms with Gasteiger partial charge in [-0.1, -0.05) is 35.3 Å². The van der Waals surface area contributed by atoms with Gasteiger partial charge in [0.1, 0.15) is 18.1 Å². The highest BCUT2D eigenvalue weighted by Crippen LogP contribution is 2.22. The molecular formula is C17H17Cl2NO3. The Labute approximate surface area is 145 Å². The third-order valence-corrected chi connectivity index (χ3v) is 3.56. The average Bonchev–Trinajstić information content (AvgIpc) is 2.55. The van der Waals surface area contributed by atoms with Gasteiger partial charge < -0.3 is 14.8 Å². The number of hydrogen-bond donors (Lipinski definition) is 1. The van der Waals surface area contributed by atoms with Crippen LogP contribution in [0.1, 0.15) is 6.92 Å². The van der Waals surface area contributed by atoms with E-state index in [1.807, 2.05) is 12.1 Å². The molecule has 1 amide bonds. The van der Waals surface area contributed by atoms with E-state index < -0.39 is 6.10 Å². The van der Waals surface area contributed by atoms with E-state index in [1.165, 1.54) is 0 Å². The number of nitrogens with one attached hydrogen (secondary N) is 1. The number of carbonyl (C=O) groups is 1. The Kier molecular flexibility index (Phi) is 6.56. The normalized spacial score (nSPS) is 11.6. The Morgan fingerprint density at radius 1 is 1.13 bits per heavy atom. The van der Waals surface area contributed by atoms with Gasteiger partial charge in [-0.2, -0.15) is 0 Å². The number of ether oxygens (including phenoxy) is 2. The molecule has 0 spiro atoms. The van der Waals surface area contributed by atoms with Gasteiger partial charge in [0.05, 0.1) is 11.6 Å². The van der Waals surface area contributed by atoms with Gasteiger partial charge in [0.2, 0.25) is 0 Å². The Morgan fingerprint density at radius 2 is 1.83 bits per heavy atom. The standard InChI is InChI=1S/C17H17Cl2NO3/c1-12(23-14-8-6-13(18)7-9-14)17(21)20-10-11-22-16-5-3-2-4-15(16)19/h2-9,12H,10-11H2,1H3,(H,20,21). The zero-order valence-electron chi connectivity index (χ0n) is 12.6. The molecule has 4 nitrogen and oxygen atoms in total. The minimum absolute atomic E-state index is 0.220. The first-order chi connectivity index (χ1) is 11.1. The first kappa shape index (κ1) is 17.4. The van der Waals surface area contributed by atoms with Gasteiger partial charge in [0.15, 0.2) is 6.10 Å². The smallest absolute Gasteiger partial charge is 0.260 e. The third kappa shape index (κ3) is 5.66. The van der Waals surface area contributed by atoms with Crippen LogP contribution in [0.2, 0.25) is 10.0 Å². The minimum Gasteiger partial charge on any atom is -0.490 e. The number of benzene rings is 2. The lowest BCUT2D eigenvalue weighted by Gasteiger charge is -2.15. The van der Waals surface area contributed by atoms with Crippen molar-refractivity contribution >= 4 is 29.1 Å². The van der Waals surface area contributed by atoms with E-state index in [-0.39, 0.29) is 5.91 Å². The lowest BCUT2D eigenvalue weighted by molar-refractivity contribution is -0.127. The minimum atomic E-state index is -0.614. The van der Waals surface area contributed by atoms with E-state index in [0.29, 0.717) is 34.7 Å². The zero-order chi connectivity index (χ0) is 16.7. The fourth-order valence-corrected chi connectivity index (χ4v) is 2.13. The van der Waals surface area contributed by atoms with E-state index >= 15 is 0 Å². The van der Waals surface area contributed by atoms with Crippen LogP contribution < -0.4 is 14.8 Å². The summed E-state index contributed by atoms with van der Waals surface area (Å²) in [6.07, 6.45) is -0.614. The number of para-hydroxylation sites is 1. The summed E-state index contributed by atoms with van der Waals surface area (Å²) < 4.78 is 11.0. The highest BCUT2D eigenvalue weighted by molar-refractivity contribution is 6.32. The van der Waals surface area contributed by atoms with Crippen molar-refractivity contribution < 1.29 is 14.3 Å². The van der Waals surface area contributed by atoms with Crippen LogP contribution in [-0.4, -0.2) is 25.2 Å². The predicted octanol–water partition coefficient (Wildman–Crippen LogP) is 3.96. The number of amides is 1. The fourth-order valence-electron chi connectivity index (χ4n) is 1.81. The first-order valence-corrected chi connectivity index (χ1v) is 7.89. The topological polar surface area (TPSA) is 47.6 Å². The second kappa shape index (κ2) is 8.65. The van der Waals surface area contributed by atoms with Crippen LogP contribution >= 0.6 is 23.2 Å². The van der Waals surface area contributed by atoms with E-state index in [4.69, 9.17) is 32.7 Å². The van der Waals surface area contributed by atoms with E-state index in [9.17, 15) is 4.79 Å². The first-order valence-electron chi connectivity index (χ1n) is 7.13. The van der Waals surface area contributed by atoms with Crippen molar-refractivity contribution in [2.75, 3.05) is 13.2 Å². The molecule has 1 atom stereocenters. The average molecular weight is 354 g/mol. The van der Waals surface area contributed by atoms with Gasteiger partial charge in [0, 0.05) is 5.02 Å². The van der Waals surface area contributed by atoms with E-state index in [2.05, 4.69) is 5.32 Å². The lowest BCUT2D eigenvalue weighted by atomic mass is 10.3. The zero-order valence-corrected chi connectivity index (χ0v) is 14.1. The molecule has 2 aromatic rings. The molecule has 6 heteroatoms. The number of carbonyl (C=O) groups excluding carboxylic acids is 1. The summed E-state index contributed by atoms with van der Waals surface area (Å²) in [6.45, 7) is 2.36. The second-order valence-electron chi connectivity index (χ2n) is 4.78. The Hall–Kier alpha value is -1.91. The maximum atomic E-state index is 11.9. The molecule has 0 fully saturated rings. The van der Waals surface area contributed by atoms with Crippen molar-refractivity contribution in [1.82, 2.24) is 5.32 Å².